The number of thiazole rings is 1. The van der Waals surface area contributed by atoms with Crippen molar-refractivity contribution in [3.05, 3.63) is 63.2 Å². The number of carboxylic acid groups (broad SMARTS) is 1. The molecule has 38 heavy (non-hydrogen) atoms. The molecule has 0 aliphatic carbocycles. The topological polar surface area (TPSA) is 199 Å². The van der Waals surface area contributed by atoms with Gasteiger partial charge in [0.15, 0.2) is 29.1 Å². The predicted octanol–water partition coefficient (Wildman–Crippen LogP) is -0.0370. The number of oxime groups is 1. The molecule has 2 aliphatic heterocycles. The second-order valence-electron chi connectivity index (χ2n) is 8.15. The number of β-lactam (4-membered cyclic amide) rings is 1. The Labute approximate surface area is 221 Å². The van der Waals surface area contributed by atoms with E-state index in [0.717, 1.165) is 16.2 Å². The monoisotopic (exact) mass is 559 g/mol. The molecule has 196 valence electrons. The summed E-state index contributed by atoms with van der Waals surface area (Å²) in [4.78, 5) is 58.7. The number of fused-ring (bicyclic) bond motifs is 2. The fraction of sp³-hybridized carbons (Fsp3) is 0.238. The average molecular weight is 560 g/mol. The molecule has 0 radical (unpaired) electrons. The Hall–Kier alpha value is -4.51. The maximum atomic E-state index is 13.0. The maximum absolute atomic E-state index is 13.0. The fourth-order valence-electron chi connectivity index (χ4n) is 4.26. The molecule has 0 spiro atoms. The van der Waals surface area contributed by atoms with Crippen molar-refractivity contribution in [2.75, 3.05) is 18.6 Å². The van der Waals surface area contributed by atoms with Crippen LogP contribution < -0.4 is 15.6 Å². The lowest BCUT2D eigenvalue weighted by atomic mass is 10.0. The molecule has 5 rings (SSSR count). The molecule has 15 nitrogen and oxygen atoms in total. The van der Waals surface area contributed by atoms with Gasteiger partial charge in [0, 0.05) is 22.8 Å². The highest BCUT2D eigenvalue weighted by Crippen LogP contribution is 2.40. The molecule has 3 aromatic rings. The summed E-state index contributed by atoms with van der Waals surface area (Å²) in [6.45, 7) is 0.146. The van der Waals surface area contributed by atoms with Gasteiger partial charge in [-0.1, -0.05) is 5.16 Å². The number of hydrogen-bond acceptors (Lipinski definition) is 11. The number of carboxylic acids is 1. The Morgan fingerprint density at radius 1 is 1.45 bits per heavy atom. The van der Waals surface area contributed by atoms with Crippen molar-refractivity contribution in [1.82, 2.24) is 19.6 Å². The molecule has 0 aromatic carbocycles. The number of carbonyl (C=O) groups is 3. The number of nitro groups is 1. The first kappa shape index (κ1) is 25.2. The highest BCUT2D eigenvalue weighted by Gasteiger charge is 2.54. The highest BCUT2D eigenvalue weighted by atomic mass is 32.2. The quantitative estimate of drug-likeness (QED) is 0.111. The fourth-order valence-corrected chi connectivity index (χ4v) is 6.14. The third-order valence-corrected chi connectivity index (χ3v) is 7.91. The van der Waals surface area contributed by atoms with Crippen LogP contribution in [0, 0.1) is 10.1 Å². The lowest BCUT2D eigenvalue weighted by molar-refractivity contribution is -0.688. The molecule has 17 heteroatoms. The van der Waals surface area contributed by atoms with Crippen LogP contribution in [0.3, 0.4) is 0 Å². The lowest BCUT2D eigenvalue weighted by Gasteiger charge is -2.49. The number of anilines is 1. The minimum Gasteiger partial charge on any atom is -0.477 e. The predicted molar refractivity (Wildman–Crippen MR) is 134 cm³/mol. The van der Waals surface area contributed by atoms with Crippen LogP contribution in [0.5, 0.6) is 0 Å². The number of aliphatic carboxylic acids is 1. The van der Waals surface area contributed by atoms with E-state index in [1.165, 1.54) is 40.9 Å². The Balaban J connectivity index is 1.36. The molecule has 2 aliphatic rings. The molecule has 3 aromatic heterocycles. The van der Waals surface area contributed by atoms with E-state index in [9.17, 15) is 29.6 Å². The van der Waals surface area contributed by atoms with Gasteiger partial charge in [-0.25, -0.2) is 9.78 Å². The largest absolute Gasteiger partial charge is 0.477 e. The summed E-state index contributed by atoms with van der Waals surface area (Å²) in [7, 11) is 1.26. The number of carbonyl (C=O) groups excluding carboxylic acids is 2. The van der Waals surface area contributed by atoms with E-state index >= 15 is 0 Å². The van der Waals surface area contributed by atoms with Gasteiger partial charge in [-0.15, -0.1) is 23.1 Å². The molecule has 0 saturated carbocycles. The Morgan fingerprint density at radius 3 is 2.89 bits per heavy atom. The summed E-state index contributed by atoms with van der Waals surface area (Å²) in [5.41, 5.74) is 6.53. The average Bonchev–Trinajstić information content (AvgIpc) is 3.51. The second-order valence-corrected chi connectivity index (χ2v) is 10.1. The number of amides is 2. The van der Waals surface area contributed by atoms with Crippen molar-refractivity contribution in [1.29, 1.82) is 0 Å². The number of thioether (sulfide) groups is 1. The maximum Gasteiger partial charge on any atom is 0.352 e. The molecule has 0 bridgehead atoms. The van der Waals surface area contributed by atoms with E-state index in [1.54, 1.807) is 23.0 Å². The molecule has 1 saturated heterocycles. The summed E-state index contributed by atoms with van der Waals surface area (Å²) in [5.74, 6) is -2.38. The number of nitrogens with zero attached hydrogens (tertiary/aromatic N) is 6. The van der Waals surface area contributed by atoms with Crippen LogP contribution in [0.4, 0.5) is 10.9 Å². The molecule has 2 atom stereocenters. The normalized spacial score (nSPS) is 19.2. The Bertz CT molecular complexity index is 1560. The minimum absolute atomic E-state index is 0.0927. The van der Waals surface area contributed by atoms with Crippen LogP contribution in [0.15, 0.2) is 52.5 Å². The zero-order valence-electron chi connectivity index (χ0n) is 19.5. The van der Waals surface area contributed by atoms with E-state index < -0.39 is 34.1 Å². The van der Waals surface area contributed by atoms with Gasteiger partial charge in [0.2, 0.25) is 12.4 Å². The molecule has 5 heterocycles. The van der Waals surface area contributed by atoms with Gasteiger partial charge in [-0.3, -0.25) is 14.5 Å². The van der Waals surface area contributed by atoms with Crippen LogP contribution >= 0.6 is 23.1 Å². The van der Waals surface area contributed by atoms with Crippen LogP contribution in [0.1, 0.15) is 5.69 Å². The third-order valence-electron chi connectivity index (χ3n) is 5.89. The molecule has 0 unspecified atom stereocenters. The van der Waals surface area contributed by atoms with Gasteiger partial charge in [0.1, 0.15) is 29.9 Å². The number of nitrogens with one attached hydrogen (secondary N) is 1. The van der Waals surface area contributed by atoms with E-state index in [4.69, 9.17) is 10.6 Å². The van der Waals surface area contributed by atoms with Gasteiger partial charge in [-0.2, -0.15) is 8.97 Å². The summed E-state index contributed by atoms with van der Waals surface area (Å²) >= 11 is 2.42. The number of nitrogens with two attached hydrogens (primary N) is 1. The Kier molecular flexibility index (Phi) is 6.45. The molecule has 1 fully saturated rings. The minimum atomic E-state index is -1.27. The van der Waals surface area contributed by atoms with Gasteiger partial charge in [-0.05, 0) is 11.0 Å². The zero-order chi connectivity index (χ0) is 27.1. The molecule has 4 N–H and O–H groups in total. The summed E-state index contributed by atoms with van der Waals surface area (Å²) < 4.78 is 3.09. The first-order valence-corrected chi connectivity index (χ1v) is 12.8. The van der Waals surface area contributed by atoms with Gasteiger partial charge >= 0.3 is 11.8 Å². The van der Waals surface area contributed by atoms with Crippen LogP contribution in [0.25, 0.3) is 5.52 Å². The smallest absolute Gasteiger partial charge is 0.352 e. The number of aromatic nitrogens is 3. The summed E-state index contributed by atoms with van der Waals surface area (Å²) in [6.07, 6.45) is 4.76. The summed E-state index contributed by atoms with van der Waals surface area (Å²) in [5, 5.41) is 28.5. The van der Waals surface area contributed by atoms with Gasteiger partial charge in [0.25, 0.3) is 11.8 Å². The zero-order valence-corrected chi connectivity index (χ0v) is 21.1. The SMILES string of the molecule is CO/N=C(\C(=O)N[C@@H]1C(=O)N2C(C(=O)O)=C(C[n+]3ccn4c([N+](=O)[O-])ccc4c3)CS[C@H]12)c1csc(N)n1. The standard InChI is InChI=1S/C21H18N8O7S2/c1-36-25-14(12-9-38-21(22)23-12)17(30)24-15-18(31)28-16(20(32)33)10(8-37-19(15)28)6-26-4-5-27-11(7-26)2-3-13(27)29(34)35/h2-5,7,9,15,19H,6,8H2,1H3,(H3-,22,23,24,30,32,33)/p+1/b25-14-/t15-,19-/m1/s1. The second kappa shape index (κ2) is 9.75. The lowest BCUT2D eigenvalue weighted by Crippen LogP contribution is -2.71. The van der Waals surface area contributed by atoms with E-state index in [-0.39, 0.29) is 40.3 Å². The van der Waals surface area contributed by atoms with Crippen LogP contribution in [-0.2, 0) is 25.8 Å². The van der Waals surface area contributed by atoms with Crippen molar-refractivity contribution < 1.29 is 33.8 Å². The van der Waals surface area contributed by atoms with Crippen LogP contribution in [0.2, 0.25) is 0 Å². The van der Waals surface area contributed by atoms with E-state index in [2.05, 4.69) is 15.5 Å². The van der Waals surface area contributed by atoms with E-state index in [0.29, 0.717) is 11.1 Å². The molecular formula is C21H19N8O7S2+. The third kappa shape index (κ3) is 4.30. The van der Waals surface area contributed by atoms with Crippen molar-refractivity contribution in [2.45, 2.75) is 18.0 Å². The van der Waals surface area contributed by atoms with Crippen molar-refractivity contribution >= 4 is 63.1 Å². The number of nitrogen functional groups attached to an aromatic ring is 1. The van der Waals surface area contributed by atoms with Crippen molar-refractivity contribution in [2.24, 2.45) is 5.16 Å². The van der Waals surface area contributed by atoms with Gasteiger partial charge < -0.3 is 31.1 Å². The van der Waals surface area contributed by atoms with Gasteiger partial charge in [0.05, 0.1) is 0 Å². The first-order chi connectivity index (χ1) is 18.2. The highest BCUT2D eigenvalue weighted by molar-refractivity contribution is 8.00. The van der Waals surface area contributed by atoms with E-state index in [1.807, 2.05) is 0 Å². The van der Waals surface area contributed by atoms with Crippen molar-refractivity contribution in [3.63, 3.8) is 0 Å². The number of hydrogen-bond donors (Lipinski definition) is 3. The number of rotatable bonds is 8. The van der Waals surface area contributed by atoms with Crippen LogP contribution in [-0.4, -0.2) is 72.1 Å². The Morgan fingerprint density at radius 2 is 2.24 bits per heavy atom. The molecular weight excluding hydrogens is 540 g/mol. The molecule has 2 amide bonds. The van der Waals surface area contributed by atoms with Crippen molar-refractivity contribution in [3.8, 4) is 0 Å². The first-order valence-electron chi connectivity index (χ1n) is 10.9. The summed E-state index contributed by atoms with van der Waals surface area (Å²) in [6, 6.07) is 1.98.